The molecule has 0 fully saturated rings. The highest BCUT2D eigenvalue weighted by atomic mass is 79.9. The zero-order valence-corrected chi connectivity index (χ0v) is 12.3. The normalized spacial score (nSPS) is 11.9. The Kier molecular flexibility index (Phi) is 2.29. The van der Waals surface area contributed by atoms with Crippen LogP contribution in [0.15, 0.2) is 50.5 Å². The second kappa shape index (κ2) is 3.84. The van der Waals surface area contributed by atoms with E-state index in [4.69, 9.17) is 11.6 Å². The summed E-state index contributed by atoms with van der Waals surface area (Å²) in [6.45, 7) is 0. The number of benzene rings is 2. The SMILES string of the molecule is O=c1c2ccc(Br)cc2n2c3c(Cl)cccc3c(=O)n12. The van der Waals surface area contributed by atoms with Gasteiger partial charge in [0.2, 0.25) is 0 Å². The Morgan fingerprint density at radius 3 is 2.50 bits per heavy atom. The third kappa shape index (κ3) is 1.31. The fourth-order valence-electron chi connectivity index (χ4n) is 2.59. The first-order valence-electron chi connectivity index (χ1n) is 5.86. The third-order valence-electron chi connectivity index (χ3n) is 3.43. The number of nitrogens with zero attached hydrogens (tertiary/aromatic N) is 2. The Morgan fingerprint density at radius 1 is 0.950 bits per heavy atom. The van der Waals surface area contributed by atoms with Crippen molar-refractivity contribution in [2.75, 3.05) is 0 Å². The molecule has 2 aromatic carbocycles. The molecule has 98 valence electrons. The van der Waals surface area contributed by atoms with Crippen molar-refractivity contribution in [1.29, 1.82) is 0 Å². The van der Waals surface area contributed by atoms with Gasteiger partial charge in [-0.3, -0.25) is 9.59 Å². The van der Waals surface area contributed by atoms with Gasteiger partial charge in [-0.1, -0.05) is 33.6 Å². The van der Waals surface area contributed by atoms with Crippen LogP contribution in [0.4, 0.5) is 0 Å². The summed E-state index contributed by atoms with van der Waals surface area (Å²) in [7, 11) is 0. The average Bonchev–Trinajstić information content (AvgIpc) is 2.87. The first kappa shape index (κ1) is 11.9. The number of hydrogen-bond donors (Lipinski definition) is 0. The highest BCUT2D eigenvalue weighted by Gasteiger charge is 2.18. The molecule has 4 aromatic rings. The van der Waals surface area contributed by atoms with E-state index in [0.717, 1.165) is 8.99 Å². The maximum absolute atomic E-state index is 12.4. The molecule has 0 saturated carbocycles. The second-order valence-corrected chi connectivity index (χ2v) is 5.85. The van der Waals surface area contributed by atoms with Gasteiger partial charge in [-0.25, -0.2) is 4.52 Å². The minimum atomic E-state index is -0.347. The summed E-state index contributed by atoms with van der Waals surface area (Å²) in [4.78, 5) is 24.8. The summed E-state index contributed by atoms with van der Waals surface area (Å²) in [5.41, 5.74) is 0.540. The van der Waals surface area contributed by atoms with E-state index in [9.17, 15) is 9.59 Å². The van der Waals surface area contributed by atoms with Crippen LogP contribution in [-0.4, -0.2) is 9.03 Å². The van der Waals surface area contributed by atoms with E-state index < -0.39 is 0 Å². The number of fused-ring (bicyclic) bond motifs is 5. The third-order valence-corrected chi connectivity index (χ3v) is 4.23. The topological polar surface area (TPSA) is 43.0 Å². The molecule has 0 amide bonds. The number of para-hydroxylation sites is 1. The summed E-state index contributed by atoms with van der Waals surface area (Å²) in [5, 5.41) is 1.38. The standard InChI is InChI=1S/C14H6BrClN2O2/c15-7-4-5-8-11(6-7)17-12-9(2-1-3-10(12)16)14(20)18(17)13(8)19/h1-6H. The van der Waals surface area contributed by atoms with Gasteiger partial charge < -0.3 is 0 Å². The Labute approximate surface area is 125 Å². The molecule has 0 atom stereocenters. The van der Waals surface area contributed by atoms with Gasteiger partial charge >= 0.3 is 0 Å². The number of aromatic nitrogens is 2. The minimum absolute atomic E-state index is 0.329. The van der Waals surface area contributed by atoms with Gasteiger partial charge in [0.15, 0.2) is 0 Å². The maximum Gasteiger partial charge on any atom is 0.282 e. The predicted molar refractivity (Wildman–Crippen MR) is 82.3 cm³/mol. The van der Waals surface area contributed by atoms with Crippen molar-refractivity contribution in [2.45, 2.75) is 0 Å². The van der Waals surface area contributed by atoms with E-state index in [1.807, 2.05) is 0 Å². The Hall–Kier alpha value is -1.85. The lowest BCUT2D eigenvalue weighted by Gasteiger charge is -1.97. The van der Waals surface area contributed by atoms with Crippen LogP contribution >= 0.6 is 27.5 Å². The smallest absolute Gasteiger partial charge is 0.267 e. The fraction of sp³-hybridized carbons (Fsp3) is 0. The summed E-state index contributed by atoms with van der Waals surface area (Å²) >= 11 is 9.59. The minimum Gasteiger partial charge on any atom is -0.267 e. The lowest BCUT2D eigenvalue weighted by molar-refractivity contribution is 0.841. The quantitative estimate of drug-likeness (QED) is 0.490. The van der Waals surface area contributed by atoms with Gasteiger partial charge in [0.05, 0.1) is 26.8 Å². The number of rotatable bonds is 0. The van der Waals surface area contributed by atoms with Gasteiger partial charge in [0.1, 0.15) is 0 Å². The van der Waals surface area contributed by atoms with E-state index in [1.54, 1.807) is 40.9 Å². The summed E-state index contributed by atoms with van der Waals surface area (Å²) in [5.74, 6) is 0. The molecule has 0 unspecified atom stereocenters. The van der Waals surface area contributed by atoms with E-state index >= 15 is 0 Å². The molecule has 4 rings (SSSR count). The molecular formula is C14H6BrClN2O2. The molecule has 0 bridgehead atoms. The molecule has 0 aliphatic rings. The Balaban J connectivity index is 2.51. The first-order chi connectivity index (χ1) is 9.59. The van der Waals surface area contributed by atoms with E-state index in [0.29, 0.717) is 26.8 Å². The number of halogens is 2. The van der Waals surface area contributed by atoms with Crippen molar-refractivity contribution in [3.8, 4) is 0 Å². The van der Waals surface area contributed by atoms with Crippen molar-refractivity contribution in [3.05, 3.63) is 66.6 Å². The molecule has 2 aromatic heterocycles. The zero-order chi connectivity index (χ0) is 14.0. The first-order valence-corrected chi connectivity index (χ1v) is 7.03. The van der Waals surface area contributed by atoms with E-state index in [-0.39, 0.29) is 11.1 Å². The predicted octanol–water partition coefficient (Wildman–Crippen LogP) is 2.92. The summed E-state index contributed by atoms with van der Waals surface area (Å²) < 4.78 is 3.55. The molecule has 0 saturated heterocycles. The van der Waals surface area contributed by atoms with Crippen LogP contribution in [0.3, 0.4) is 0 Å². The van der Waals surface area contributed by atoms with E-state index in [2.05, 4.69) is 15.9 Å². The van der Waals surface area contributed by atoms with Crippen LogP contribution in [-0.2, 0) is 0 Å². The monoisotopic (exact) mass is 348 g/mol. The molecule has 0 aliphatic heterocycles. The van der Waals surface area contributed by atoms with Crippen molar-refractivity contribution in [1.82, 2.24) is 9.03 Å². The lowest BCUT2D eigenvalue weighted by Crippen LogP contribution is -2.21. The largest absolute Gasteiger partial charge is 0.282 e. The Bertz CT molecular complexity index is 1110. The molecular weight excluding hydrogens is 344 g/mol. The van der Waals surface area contributed by atoms with Crippen LogP contribution < -0.4 is 11.1 Å². The maximum atomic E-state index is 12.4. The highest BCUT2D eigenvalue weighted by Crippen LogP contribution is 2.25. The van der Waals surface area contributed by atoms with Crippen molar-refractivity contribution in [2.24, 2.45) is 0 Å². The molecule has 6 heteroatoms. The van der Waals surface area contributed by atoms with Gasteiger partial charge in [-0.05, 0) is 30.3 Å². The molecule has 0 radical (unpaired) electrons. The fourth-order valence-corrected chi connectivity index (χ4v) is 3.20. The zero-order valence-electron chi connectivity index (χ0n) is 9.93. The summed E-state index contributed by atoms with van der Waals surface area (Å²) in [6, 6.07) is 10.4. The van der Waals surface area contributed by atoms with Crippen LogP contribution in [0.2, 0.25) is 5.02 Å². The second-order valence-electron chi connectivity index (χ2n) is 4.53. The Morgan fingerprint density at radius 2 is 1.70 bits per heavy atom. The van der Waals surface area contributed by atoms with Crippen molar-refractivity contribution >= 4 is 49.3 Å². The number of hydrogen-bond acceptors (Lipinski definition) is 2. The van der Waals surface area contributed by atoms with Crippen LogP contribution in [0, 0.1) is 0 Å². The average molecular weight is 350 g/mol. The van der Waals surface area contributed by atoms with Crippen molar-refractivity contribution < 1.29 is 0 Å². The molecule has 0 aliphatic carbocycles. The molecule has 4 nitrogen and oxygen atoms in total. The summed E-state index contributed by atoms with van der Waals surface area (Å²) in [6.07, 6.45) is 0. The van der Waals surface area contributed by atoms with Gasteiger partial charge in [0, 0.05) is 4.47 Å². The molecule has 20 heavy (non-hydrogen) atoms. The lowest BCUT2D eigenvalue weighted by atomic mass is 10.2. The van der Waals surface area contributed by atoms with Gasteiger partial charge in [-0.15, -0.1) is 0 Å². The van der Waals surface area contributed by atoms with Gasteiger partial charge in [0.25, 0.3) is 11.1 Å². The molecule has 0 spiro atoms. The highest BCUT2D eigenvalue weighted by molar-refractivity contribution is 9.10. The molecule has 0 N–H and O–H groups in total. The van der Waals surface area contributed by atoms with Crippen LogP contribution in [0.25, 0.3) is 21.8 Å². The molecule has 2 heterocycles. The van der Waals surface area contributed by atoms with Crippen molar-refractivity contribution in [3.63, 3.8) is 0 Å². The van der Waals surface area contributed by atoms with E-state index in [1.165, 1.54) is 0 Å². The van der Waals surface area contributed by atoms with Gasteiger partial charge in [-0.2, -0.15) is 4.52 Å². The van der Waals surface area contributed by atoms with Crippen LogP contribution in [0.5, 0.6) is 0 Å². The van der Waals surface area contributed by atoms with Crippen LogP contribution in [0.1, 0.15) is 0 Å².